The molecule has 0 saturated carbocycles. The van der Waals surface area contributed by atoms with E-state index in [4.69, 9.17) is 4.74 Å². The van der Waals surface area contributed by atoms with E-state index in [9.17, 15) is 9.59 Å². The fraction of sp³-hybridized carbons (Fsp3) is 0.391. The number of ether oxygens (including phenoxy) is 1. The van der Waals surface area contributed by atoms with Crippen LogP contribution in [0.1, 0.15) is 47.7 Å². The smallest absolute Gasteiger partial charge is 0.265 e. The lowest BCUT2D eigenvalue weighted by Crippen LogP contribution is -2.34. The maximum Gasteiger partial charge on any atom is 0.265 e. The Labute approximate surface area is 166 Å². The van der Waals surface area contributed by atoms with E-state index >= 15 is 0 Å². The van der Waals surface area contributed by atoms with Crippen LogP contribution in [0.2, 0.25) is 0 Å². The third-order valence-corrected chi connectivity index (χ3v) is 5.30. The van der Waals surface area contributed by atoms with Crippen molar-refractivity contribution in [3.05, 3.63) is 59.2 Å². The van der Waals surface area contributed by atoms with Crippen molar-refractivity contribution in [3.63, 3.8) is 0 Å². The molecule has 1 aliphatic rings. The van der Waals surface area contributed by atoms with E-state index in [1.165, 1.54) is 0 Å². The Kier molecular flexibility index (Phi) is 6.34. The second kappa shape index (κ2) is 8.91. The minimum Gasteiger partial charge on any atom is -0.480 e. The molecule has 0 spiro atoms. The molecule has 0 aromatic heterocycles. The quantitative estimate of drug-likeness (QED) is 0.811. The summed E-state index contributed by atoms with van der Waals surface area (Å²) in [6, 6.07) is 13.0. The number of carbonyl (C=O) groups excluding carboxylic acids is 2. The lowest BCUT2D eigenvalue weighted by molar-refractivity contribution is -0.122. The van der Waals surface area contributed by atoms with Crippen LogP contribution in [0.25, 0.3) is 0 Å². The van der Waals surface area contributed by atoms with Crippen LogP contribution in [0.4, 0.5) is 5.69 Å². The highest BCUT2D eigenvalue weighted by Crippen LogP contribution is 2.24. The van der Waals surface area contributed by atoms with Crippen LogP contribution in [0.15, 0.2) is 42.5 Å². The summed E-state index contributed by atoms with van der Waals surface area (Å²) in [5.74, 6) is 0.436. The highest BCUT2D eigenvalue weighted by molar-refractivity contribution is 6.04. The minimum atomic E-state index is -0.629. The first-order valence-corrected chi connectivity index (χ1v) is 9.93. The van der Waals surface area contributed by atoms with Crippen molar-refractivity contribution in [1.82, 2.24) is 4.90 Å². The van der Waals surface area contributed by atoms with Gasteiger partial charge >= 0.3 is 0 Å². The van der Waals surface area contributed by atoms with Gasteiger partial charge in [-0.05, 0) is 62.4 Å². The summed E-state index contributed by atoms with van der Waals surface area (Å²) in [5.41, 5.74) is 3.21. The molecule has 1 atom stereocenters. The van der Waals surface area contributed by atoms with Gasteiger partial charge < -0.3 is 15.0 Å². The van der Waals surface area contributed by atoms with E-state index in [0.717, 1.165) is 37.1 Å². The van der Waals surface area contributed by atoms with E-state index in [1.807, 2.05) is 56.0 Å². The van der Waals surface area contributed by atoms with Crippen LogP contribution in [-0.2, 0) is 4.79 Å². The Bertz CT molecular complexity index is 857. The normalized spacial score (nSPS) is 14.6. The molecule has 1 saturated heterocycles. The average Bonchev–Trinajstić information content (AvgIpc) is 3.24. The molecule has 1 N–H and O–H groups in total. The van der Waals surface area contributed by atoms with Gasteiger partial charge in [0.15, 0.2) is 6.10 Å². The van der Waals surface area contributed by atoms with Gasteiger partial charge in [0.25, 0.3) is 11.8 Å². The van der Waals surface area contributed by atoms with Gasteiger partial charge in [-0.25, -0.2) is 0 Å². The molecule has 3 rings (SSSR count). The molecule has 5 nitrogen and oxygen atoms in total. The third-order valence-electron chi connectivity index (χ3n) is 5.30. The zero-order chi connectivity index (χ0) is 20.1. The predicted molar refractivity (Wildman–Crippen MR) is 111 cm³/mol. The fourth-order valence-corrected chi connectivity index (χ4v) is 3.41. The van der Waals surface area contributed by atoms with Crippen LogP contribution < -0.4 is 10.1 Å². The zero-order valence-electron chi connectivity index (χ0n) is 16.8. The molecule has 5 heteroatoms. The fourth-order valence-electron chi connectivity index (χ4n) is 3.41. The molecule has 0 aliphatic carbocycles. The predicted octanol–water partition coefficient (Wildman–Crippen LogP) is 4.34. The summed E-state index contributed by atoms with van der Waals surface area (Å²) in [5, 5.41) is 2.91. The number of anilines is 1. The minimum absolute atomic E-state index is 0.0307. The lowest BCUT2D eigenvalue weighted by Gasteiger charge is -2.21. The molecule has 1 heterocycles. The van der Waals surface area contributed by atoms with Gasteiger partial charge in [-0.3, -0.25) is 9.59 Å². The third kappa shape index (κ3) is 4.35. The number of hydrogen-bond acceptors (Lipinski definition) is 3. The number of aryl methyl sites for hydroxylation is 1. The number of rotatable bonds is 6. The van der Waals surface area contributed by atoms with Crippen molar-refractivity contribution in [2.45, 2.75) is 46.1 Å². The number of amides is 2. The van der Waals surface area contributed by atoms with E-state index in [2.05, 4.69) is 5.32 Å². The van der Waals surface area contributed by atoms with Crippen LogP contribution in [0, 0.1) is 13.8 Å². The highest BCUT2D eigenvalue weighted by Gasteiger charge is 2.25. The monoisotopic (exact) mass is 380 g/mol. The maximum atomic E-state index is 12.9. The number of nitrogens with one attached hydrogen (secondary N) is 1. The molecular weight excluding hydrogens is 352 g/mol. The molecule has 148 valence electrons. The summed E-state index contributed by atoms with van der Waals surface area (Å²) in [7, 11) is 0. The topological polar surface area (TPSA) is 58.6 Å². The van der Waals surface area contributed by atoms with Gasteiger partial charge in [0, 0.05) is 13.1 Å². The molecule has 0 unspecified atom stereocenters. The number of carbonyl (C=O) groups is 2. The highest BCUT2D eigenvalue weighted by atomic mass is 16.5. The summed E-state index contributed by atoms with van der Waals surface area (Å²) in [4.78, 5) is 27.5. The van der Waals surface area contributed by atoms with Crippen molar-refractivity contribution < 1.29 is 14.3 Å². The van der Waals surface area contributed by atoms with Crippen LogP contribution in [0.3, 0.4) is 0 Å². The number of likely N-dealkylation sites (tertiary alicyclic amines) is 1. The van der Waals surface area contributed by atoms with E-state index in [1.54, 1.807) is 12.1 Å². The SMILES string of the molecule is CC[C@H](Oc1cccc(C)c1C)C(=O)Nc1ccccc1C(=O)N1CCCC1. The number of para-hydroxylation sites is 1. The molecule has 0 bridgehead atoms. The van der Waals surface area contributed by atoms with Gasteiger partial charge in [0.05, 0.1) is 11.3 Å². The van der Waals surface area contributed by atoms with Crippen LogP contribution in [-0.4, -0.2) is 35.9 Å². The molecule has 2 amide bonds. The number of hydrogen-bond donors (Lipinski definition) is 1. The van der Waals surface area contributed by atoms with Crippen molar-refractivity contribution in [3.8, 4) is 5.75 Å². The van der Waals surface area contributed by atoms with Gasteiger partial charge in [0.2, 0.25) is 0 Å². The molecule has 28 heavy (non-hydrogen) atoms. The number of benzene rings is 2. The summed E-state index contributed by atoms with van der Waals surface area (Å²) >= 11 is 0. The molecule has 0 radical (unpaired) electrons. The maximum absolute atomic E-state index is 12.9. The molecule has 2 aromatic rings. The van der Waals surface area contributed by atoms with Gasteiger partial charge in [-0.15, -0.1) is 0 Å². The summed E-state index contributed by atoms with van der Waals surface area (Å²) in [6.45, 7) is 7.46. The Hall–Kier alpha value is -2.82. The first-order chi connectivity index (χ1) is 13.5. The first kappa shape index (κ1) is 19.9. The van der Waals surface area contributed by atoms with E-state index < -0.39 is 6.10 Å². The van der Waals surface area contributed by atoms with Gasteiger partial charge in [-0.1, -0.05) is 31.2 Å². The lowest BCUT2D eigenvalue weighted by atomic mass is 10.1. The van der Waals surface area contributed by atoms with Crippen molar-refractivity contribution >= 4 is 17.5 Å². The Balaban J connectivity index is 1.76. The Morgan fingerprint density at radius 3 is 2.50 bits per heavy atom. The molecular formula is C23H28N2O3. The van der Waals surface area contributed by atoms with Crippen LogP contribution in [0.5, 0.6) is 5.75 Å². The van der Waals surface area contributed by atoms with Crippen molar-refractivity contribution in [2.75, 3.05) is 18.4 Å². The van der Waals surface area contributed by atoms with Gasteiger partial charge in [0.1, 0.15) is 5.75 Å². The zero-order valence-corrected chi connectivity index (χ0v) is 16.8. The molecule has 1 aliphatic heterocycles. The number of nitrogens with zero attached hydrogens (tertiary/aromatic N) is 1. The van der Waals surface area contributed by atoms with Gasteiger partial charge in [-0.2, -0.15) is 0 Å². The second-order valence-corrected chi connectivity index (χ2v) is 7.25. The standard InChI is InChI=1S/C23H28N2O3/c1-4-20(28-21-13-9-10-16(2)17(21)3)22(26)24-19-12-6-5-11-18(19)23(27)25-14-7-8-15-25/h5-6,9-13,20H,4,7-8,14-15H2,1-3H3,(H,24,26)/t20-/m0/s1. The van der Waals surface area contributed by atoms with Crippen molar-refractivity contribution in [2.24, 2.45) is 0 Å². The Morgan fingerprint density at radius 2 is 1.79 bits per heavy atom. The Morgan fingerprint density at radius 1 is 1.07 bits per heavy atom. The first-order valence-electron chi connectivity index (χ1n) is 9.93. The van der Waals surface area contributed by atoms with E-state index in [0.29, 0.717) is 23.4 Å². The summed E-state index contributed by atoms with van der Waals surface area (Å²) < 4.78 is 6.00. The van der Waals surface area contributed by atoms with Crippen LogP contribution >= 0.6 is 0 Å². The second-order valence-electron chi connectivity index (χ2n) is 7.25. The van der Waals surface area contributed by atoms with Crippen molar-refractivity contribution in [1.29, 1.82) is 0 Å². The average molecular weight is 380 g/mol. The molecule has 1 fully saturated rings. The summed E-state index contributed by atoms with van der Waals surface area (Å²) in [6.07, 6.45) is 1.96. The van der Waals surface area contributed by atoms with E-state index in [-0.39, 0.29) is 11.8 Å². The molecule has 2 aromatic carbocycles. The largest absolute Gasteiger partial charge is 0.480 e.